The Balaban J connectivity index is 1.11. The first-order valence-electron chi connectivity index (χ1n) is 12.1. The highest BCUT2D eigenvalue weighted by molar-refractivity contribution is 7.92. The number of benzene rings is 2. The molecule has 4 heterocycles. The number of thiocarbonyl (C=S) groups is 1. The molecule has 5 aromatic rings. The molecule has 0 aliphatic carbocycles. The lowest BCUT2D eigenvalue weighted by Crippen LogP contribution is -2.50. The molecule has 0 unspecified atom stereocenters. The Morgan fingerprint density at radius 1 is 0.949 bits per heavy atom. The summed E-state index contributed by atoms with van der Waals surface area (Å²) in [6.07, 6.45) is 2.93. The van der Waals surface area contributed by atoms with Gasteiger partial charge in [-0.2, -0.15) is 9.97 Å². The monoisotopic (exact) mass is 560 g/mol. The van der Waals surface area contributed by atoms with E-state index >= 15 is 0 Å². The predicted octanol–water partition coefficient (Wildman–Crippen LogP) is 2.80. The second kappa shape index (κ2) is 9.96. The summed E-state index contributed by atoms with van der Waals surface area (Å²) in [5.41, 5.74) is 8.42. The number of nitrogen functional groups attached to an aromatic ring is 1. The molecule has 1 fully saturated rings. The third-order valence-corrected chi connectivity index (χ3v) is 8.13. The van der Waals surface area contributed by atoms with Gasteiger partial charge in [0.2, 0.25) is 11.9 Å². The quantitative estimate of drug-likeness (QED) is 0.234. The number of piperazine rings is 1. The Labute approximate surface area is 229 Å². The Hall–Kier alpha value is -4.56. The zero-order valence-electron chi connectivity index (χ0n) is 20.6. The van der Waals surface area contributed by atoms with Gasteiger partial charge >= 0.3 is 0 Å². The van der Waals surface area contributed by atoms with Gasteiger partial charge in [-0.15, -0.1) is 0 Å². The van der Waals surface area contributed by atoms with Crippen LogP contribution in [0.4, 0.5) is 23.4 Å². The lowest BCUT2D eigenvalue weighted by molar-refractivity contribution is 0.390. The van der Waals surface area contributed by atoms with Crippen LogP contribution in [0.1, 0.15) is 0 Å². The van der Waals surface area contributed by atoms with Crippen LogP contribution < -0.4 is 20.7 Å². The van der Waals surface area contributed by atoms with Gasteiger partial charge in [-0.3, -0.25) is 0 Å². The number of aromatic nitrogens is 5. The van der Waals surface area contributed by atoms with Crippen LogP contribution in [0.5, 0.6) is 0 Å². The number of sulfonamides is 1. The maximum atomic E-state index is 12.6. The molecule has 198 valence electrons. The van der Waals surface area contributed by atoms with Crippen LogP contribution in [0.2, 0.25) is 0 Å². The average molecular weight is 561 g/mol. The van der Waals surface area contributed by atoms with Crippen LogP contribution in [-0.2, 0) is 10.0 Å². The Bertz CT molecular complexity index is 1770. The summed E-state index contributed by atoms with van der Waals surface area (Å²) in [6.45, 7) is 2.73. The van der Waals surface area contributed by atoms with Crippen LogP contribution in [0, 0.1) is 0 Å². The first-order chi connectivity index (χ1) is 18.9. The van der Waals surface area contributed by atoms with Crippen molar-refractivity contribution in [3.8, 4) is 0 Å². The van der Waals surface area contributed by atoms with Gasteiger partial charge in [0.15, 0.2) is 5.11 Å². The fourth-order valence-electron chi connectivity index (χ4n) is 4.54. The lowest BCUT2D eigenvalue weighted by Gasteiger charge is -2.37. The maximum Gasteiger partial charge on any atom is 0.264 e. The number of nitrogens with zero attached hydrogens (tertiary/aromatic N) is 6. The number of fused-ring (bicyclic) bond motifs is 3. The summed E-state index contributed by atoms with van der Waals surface area (Å²) < 4.78 is 27.6. The molecular formula is C25H24N10O2S2. The van der Waals surface area contributed by atoms with E-state index in [1.165, 1.54) is 24.5 Å². The molecule has 0 spiro atoms. The molecule has 5 N–H and O–H groups in total. The molecule has 0 saturated carbocycles. The van der Waals surface area contributed by atoms with Gasteiger partial charge in [-0.1, -0.05) is 18.2 Å². The molecule has 1 saturated heterocycles. The molecule has 0 radical (unpaired) electrons. The Morgan fingerprint density at radius 3 is 2.41 bits per heavy atom. The van der Waals surface area contributed by atoms with Crippen LogP contribution in [0.25, 0.3) is 21.9 Å². The van der Waals surface area contributed by atoms with E-state index in [0.29, 0.717) is 37.0 Å². The summed E-state index contributed by atoms with van der Waals surface area (Å²) >= 11 is 5.65. The largest absolute Gasteiger partial charge is 0.368 e. The Kier molecular flexibility index (Phi) is 6.32. The van der Waals surface area contributed by atoms with Gasteiger partial charge in [-0.25, -0.2) is 23.1 Å². The number of anilines is 4. The number of hydrogen-bond acceptors (Lipinski definition) is 9. The molecule has 14 heteroatoms. The van der Waals surface area contributed by atoms with Crippen molar-refractivity contribution in [3.63, 3.8) is 0 Å². The molecule has 6 rings (SSSR count). The number of hydrogen-bond donors (Lipinski definition) is 4. The first kappa shape index (κ1) is 24.8. The standard InChI is InChI=1S/C25H24N10O2S2/c26-23-31-21-20(18-4-1-2-5-19(18)30-21)22(32-23)34-12-14-35(15-13-34)25(38)29-16-6-8-17(9-7-16)39(36,37)33-24-27-10-3-11-28-24/h1-11H,12-15H2,(H,29,38)(H,27,28,33)(H3,26,30,31,32). The van der Waals surface area contributed by atoms with E-state index in [1.54, 1.807) is 18.2 Å². The van der Waals surface area contributed by atoms with Crippen molar-refractivity contribution in [1.82, 2.24) is 29.8 Å². The van der Waals surface area contributed by atoms with Crippen molar-refractivity contribution in [3.05, 3.63) is 67.0 Å². The smallest absolute Gasteiger partial charge is 0.264 e. The van der Waals surface area contributed by atoms with Gasteiger partial charge in [0.1, 0.15) is 11.5 Å². The highest BCUT2D eigenvalue weighted by Gasteiger charge is 2.24. The molecule has 3 aromatic heterocycles. The van der Waals surface area contributed by atoms with Gasteiger partial charge in [-0.05, 0) is 48.6 Å². The van der Waals surface area contributed by atoms with Crippen molar-refractivity contribution in [2.75, 3.05) is 46.9 Å². The summed E-state index contributed by atoms with van der Waals surface area (Å²) in [4.78, 5) is 24.5. The number of H-pyrrole nitrogens is 1. The van der Waals surface area contributed by atoms with Crippen molar-refractivity contribution < 1.29 is 8.42 Å². The number of nitrogens with one attached hydrogen (secondary N) is 3. The van der Waals surface area contributed by atoms with Crippen LogP contribution >= 0.6 is 12.2 Å². The highest BCUT2D eigenvalue weighted by Crippen LogP contribution is 2.32. The topological polar surface area (TPSA) is 158 Å². The van der Waals surface area contributed by atoms with Crippen LogP contribution in [0.3, 0.4) is 0 Å². The van der Waals surface area contributed by atoms with E-state index in [0.717, 1.165) is 27.8 Å². The van der Waals surface area contributed by atoms with Gasteiger partial charge in [0.25, 0.3) is 10.0 Å². The van der Waals surface area contributed by atoms with Crippen molar-refractivity contribution in [2.24, 2.45) is 0 Å². The van der Waals surface area contributed by atoms with Gasteiger partial charge in [0, 0.05) is 55.2 Å². The zero-order chi connectivity index (χ0) is 27.0. The van der Waals surface area contributed by atoms with Crippen LogP contribution in [0.15, 0.2) is 71.9 Å². The second-order valence-corrected chi connectivity index (χ2v) is 11.0. The third-order valence-electron chi connectivity index (χ3n) is 6.43. The Morgan fingerprint density at radius 2 is 1.67 bits per heavy atom. The van der Waals surface area contributed by atoms with E-state index in [1.807, 2.05) is 18.2 Å². The van der Waals surface area contributed by atoms with E-state index in [-0.39, 0.29) is 16.8 Å². The fraction of sp³-hybridized carbons (Fsp3) is 0.160. The van der Waals surface area contributed by atoms with E-state index in [9.17, 15) is 8.42 Å². The molecule has 1 aliphatic heterocycles. The SMILES string of the molecule is Nc1nc(N2CCN(C(=S)Nc3ccc(S(=O)(=O)Nc4ncccn4)cc3)CC2)c2c(n1)[nH]c1ccccc12. The molecular weight excluding hydrogens is 536 g/mol. The molecule has 12 nitrogen and oxygen atoms in total. The van der Waals surface area contributed by atoms with Crippen LogP contribution in [-0.4, -0.2) is 69.5 Å². The van der Waals surface area contributed by atoms with E-state index in [2.05, 4.69) is 50.8 Å². The maximum absolute atomic E-state index is 12.6. The minimum atomic E-state index is -3.81. The average Bonchev–Trinajstić information content (AvgIpc) is 3.31. The minimum Gasteiger partial charge on any atom is -0.368 e. The number of aromatic amines is 1. The summed E-state index contributed by atoms with van der Waals surface area (Å²) in [7, 11) is -3.81. The molecule has 39 heavy (non-hydrogen) atoms. The first-order valence-corrected chi connectivity index (χ1v) is 14.0. The minimum absolute atomic E-state index is 0.00935. The number of para-hydroxylation sites is 1. The highest BCUT2D eigenvalue weighted by atomic mass is 32.2. The summed E-state index contributed by atoms with van der Waals surface area (Å²) in [5.74, 6) is 1.04. The van der Waals surface area contributed by atoms with Gasteiger partial charge < -0.3 is 25.8 Å². The zero-order valence-corrected chi connectivity index (χ0v) is 22.2. The second-order valence-electron chi connectivity index (χ2n) is 8.91. The lowest BCUT2D eigenvalue weighted by atomic mass is 10.2. The normalized spacial score (nSPS) is 14.1. The molecule has 2 aromatic carbocycles. The third kappa shape index (κ3) is 4.98. The van der Waals surface area contributed by atoms with E-state index < -0.39 is 10.0 Å². The van der Waals surface area contributed by atoms with E-state index in [4.69, 9.17) is 18.0 Å². The molecule has 0 amide bonds. The summed E-state index contributed by atoms with van der Waals surface area (Å²) in [6, 6.07) is 16.0. The molecule has 0 bridgehead atoms. The predicted molar refractivity (Wildman–Crippen MR) is 155 cm³/mol. The number of rotatable bonds is 5. The van der Waals surface area contributed by atoms with Crippen molar-refractivity contribution >= 4 is 72.7 Å². The molecule has 0 atom stereocenters. The number of nitrogens with two attached hydrogens (primary N) is 1. The van der Waals surface area contributed by atoms with Crippen molar-refractivity contribution in [1.29, 1.82) is 0 Å². The van der Waals surface area contributed by atoms with Gasteiger partial charge in [0.05, 0.1) is 10.3 Å². The molecule has 1 aliphatic rings. The van der Waals surface area contributed by atoms with Crippen molar-refractivity contribution in [2.45, 2.75) is 4.90 Å². The summed E-state index contributed by atoms with van der Waals surface area (Å²) in [5, 5.41) is 5.77. The fourth-order valence-corrected chi connectivity index (χ4v) is 5.80.